The van der Waals surface area contributed by atoms with Crippen molar-refractivity contribution in [1.82, 2.24) is 4.98 Å². The molecule has 3 nitrogen and oxygen atoms in total. The van der Waals surface area contributed by atoms with Gasteiger partial charge >= 0.3 is 0 Å². The minimum absolute atomic E-state index is 0.382. The maximum absolute atomic E-state index is 5.93. The summed E-state index contributed by atoms with van der Waals surface area (Å²) in [6.07, 6.45) is 11.1. The van der Waals surface area contributed by atoms with Crippen LogP contribution in [0.4, 0.5) is 0 Å². The highest BCUT2D eigenvalue weighted by Gasteiger charge is 2.13. The molecule has 1 saturated carbocycles. The number of aromatic nitrogens is 1. The quantitative estimate of drug-likeness (QED) is 0.790. The molecule has 0 bridgehead atoms. The van der Waals surface area contributed by atoms with E-state index in [1.165, 1.54) is 44.9 Å². The fourth-order valence-corrected chi connectivity index (χ4v) is 2.15. The Morgan fingerprint density at radius 3 is 2.10 bits per heavy atom. The minimum atomic E-state index is 0.382. The van der Waals surface area contributed by atoms with Crippen molar-refractivity contribution in [1.29, 1.82) is 0 Å². The summed E-state index contributed by atoms with van der Waals surface area (Å²) in [4.78, 5) is 4.24. The van der Waals surface area contributed by atoms with E-state index in [-0.39, 0.29) is 0 Å². The molecule has 1 aliphatic rings. The van der Waals surface area contributed by atoms with Crippen LogP contribution in [0.5, 0.6) is 5.75 Å². The third-order valence-electron chi connectivity index (χ3n) is 3.11. The summed E-state index contributed by atoms with van der Waals surface area (Å²) in [6.45, 7) is 8.74. The molecule has 0 atom stereocenters. The van der Waals surface area contributed by atoms with Crippen molar-refractivity contribution in [3.63, 3.8) is 0 Å². The Bertz CT molecular complexity index is 316. The highest BCUT2D eigenvalue weighted by atomic mass is 16.5. The van der Waals surface area contributed by atoms with Gasteiger partial charge in [0.25, 0.3) is 0 Å². The second-order valence-corrected chi connectivity index (χ2v) is 5.13. The van der Waals surface area contributed by atoms with Crippen LogP contribution in [0.2, 0.25) is 0 Å². The van der Waals surface area contributed by atoms with Crippen LogP contribution in [0.15, 0.2) is 18.3 Å². The van der Waals surface area contributed by atoms with Crippen LogP contribution >= 0.6 is 0 Å². The van der Waals surface area contributed by atoms with E-state index in [4.69, 9.17) is 10.5 Å². The molecule has 1 fully saturated rings. The van der Waals surface area contributed by atoms with Crippen LogP contribution in [-0.4, -0.2) is 11.1 Å². The monoisotopic (exact) mass is 294 g/mol. The van der Waals surface area contributed by atoms with Crippen molar-refractivity contribution in [3.05, 3.63) is 24.0 Å². The van der Waals surface area contributed by atoms with Crippen LogP contribution in [0.1, 0.15) is 78.3 Å². The lowest BCUT2D eigenvalue weighted by Gasteiger charge is -2.16. The molecule has 0 radical (unpaired) electrons. The highest BCUT2D eigenvalue weighted by Crippen LogP contribution is 2.22. The number of nitrogens with two attached hydrogens (primary N) is 1. The summed E-state index contributed by atoms with van der Waals surface area (Å²) in [5.74, 6) is 0.879. The van der Waals surface area contributed by atoms with Gasteiger partial charge in [0.1, 0.15) is 5.75 Å². The lowest BCUT2D eigenvalue weighted by molar-refractivity contribution is 0.183. The van der Waals surface area contributed by atoms with Gasteiger partial charge in [0.15, 0.2) is 0 Å². The van der Waals surface area contributed by atoms with E-state index in [1.807, 2.05) is 26.0 Å². The average molecular weight is 294 g/mol. The van der Waals surface area contributed by atoms with E-state index in [1.54, 1.807) is 6.20 Å². The molecule has 1 aliphatic carbocycles. The summed E-state index contributed by atoms with van der Waals surface area (Å²) >= 11 is 0. The first-order valence-corrected chi connectivity index (χ1v) is 8.61. The molecule has 2 rings (SSSR count). The van der Waals surface area contributed by atoms with Gasteiger partial charge in [0.2, 0.25) is 0 Å². The fraction of sp³-hybridized carbons (Fsp3) is 0.722. The number of nitrogens with zero attached hydrogens (tertiary/aromatic N) is 1. The third-order valence-corrected chi connectivity index (χ3v) is 3.11. The Balaban J connectivity index is 0.000000713. The topological polar surface area (TPSA) is 48.1 Å². The molecule has 0 saturated heterocycles. The lowest BCUT2D eigenvalue weighted by atomic mass is 10.1. The summed E-state index contributed by atoms with van der Waals surface area (Å²) in [7, 11) is 0. The van der Waals surface area contributed by atoms with Crippen molar-refractivity contribution in [3.8, 4) is 5.75 Å². The molecule has 21 heavy (non-hydrogen) atoms. The van der Waals surface area contributed by atoms with E-state index in [0.29, 0.717) is 12.6 Å². The van der Waals surface area contributed by atoms with E-state index in [2.05, 4.69) is 18.8 Å². The van der Waals surface area contributed by atoms with Gasteiger partial charge < -0.3 is 10.5 Å². The Kier molecular flexibility index (Phi) is 13.2. The Labute approximate surface area is 131 Å². The van der Waals surface area contributed by atoms with Gasteiger partial charge in [-0.2, -0.15) is 0 Å². The van der Waals surface area contributed by atoms with Crippen LogP contribution in [0.25, 0.3) is 0 Å². The molecule has 0 spiro atoms. The van der Waals surface area contributed by atoms with Gasteiger partial charge in [0.05, 0.1) is 18.0 Å². The summed E-state index contributed by atoms with van der Waals surface area (Å²) < 4.78 is 5.93. The smallest absolute Gasteiger partial charge is 0.138 e. The third kappa shape index (κ3) is 9.46. The van der Waals surface area contributed by atoms with Crippen LogP contribution in [-0.2, 0) is 6.54 Å². The maximum Gasteiger partial charge on any atom is 0.138 e. The van der Waals surface area contributed by atoms with Gasteiger partial charge in [-0.1, -0.05) is 47.0 Å². The zero-order chi connectivity index (χ0) is 15.9. The molecule has 1 aromatic heterocycles. The van der Waals surface area contributed by atoms with Crippen molar-refractivity contribution >= 4 is 0 Å². The predicted molar refractivity (Wildman–Crippen MR) is 91.6 cm³/mol. The number of ether oxygens (including phenoxy) is 1. The first-order chi connectivity index (χ1) is 10.3. The van der Waals surface area contributed by atoms with Gasteiger partial charge in [-0.15, -0.1) is 0 Å². The largest absolute Gasteiger partial charge is 0.489 e. The molecule has 0 aromatic carbocycles. The first-order valence-electron chi connectivity index (χ1n) is 8.61. The van der Waals surface area contributed by atoms with Gasteiger partial charge in [-0.3, -0.25) is 4.98 Å². The molecule has 0 aliphatic heterocycles. The van der Waals surface area contributed by atoms with Crippen molar-refractivity contribution in [2.24, 2.45) is 5.73 Å². The van der Waals surface area contributed by atoms with Gasteiger partial charge in [-0.05, 0) is 37.8 Å². The van der Waals surface area contributed by atoms with E-state index in [9.17, 15) is 0 Å². The Hall–Kier alpha value is -1.09. The minimum Gasteiger partial charge on any atom is -0.489 e. The molecule has 1 aromatic rings. The molecular formula is C18H34N2O. The van der Waals surface area contributed by atoms with Crippen LogP contribution in [0, 0.1) is 0 Å². The first kappa shape index (κ1) is 19.9. The predicted octanol–water partition coefficient (Wildman–Crippen LogP) is 5.08. The molecule has 2 N–H and O–H groups in total. The Morgan fingerprint density at radius 2 is 1.67 bits per heavy atom. The van der Waals surface area contributed by atoms with Crippen LogP contribution < -0.4 is 10.5 Å². The summed E-state index contributed by atoms with van der Waals surface area (Å²) in [5.41, 5.74) is 6.41. The molecule has 0 amide bonds. The maximum atomic E-state index is 5.93. The fourth-order valence-electron chi connectivity index (χ4n) is 2.15. The normalized spacial score (nSPS) is 14.9. The number of hydrogen-bond acceptors (Lipinski definition) is 3. The van der Waals surface area contributed by atoms with E-state index >= 15 is 0 Å². The van der Waals surface area contributed by atoms with Gasteiger partial charge in [0, 0.05) is 6.54 Å². The second kappa shape index (κ2) is 13.9. The highest BCUT2D eigenvalue weighted by molar-refractivity contribution is 5.20. The van der Waals surface area contributed by atoms with Crippen molar-refractivity contribution < 1.29 is 4.74 Å². The average Bonchev–Trinajstić information content (AvgIpc) is 2.80. The van der Waals surface area contributed by atoms with E-state index < -0.39 is 0 Å². The lowest BCUT2D eigenvalue weighted by Crippen LogP contribution is -2.15. The number of hydrogen-bond donors (Lipinski definition) is 1. The molecule has 1 heterocycles. The SMILES string of the molecule is CC.CCC.NCc1ccc(OC2CCCCCC2)cn1. The molecular weight excluding hydrogens is 260 g/mol. The van der Waals surface area contributed by atoms with Crippen LogP contribution in [0.3, 0.4) is 0 Å². The number of rotatable bonds is 3. The number of pyridine rings is 1. The molecule has 0 unspecified atom stereocenters. The van der Waals surface area contributed by atoms with Crippen molar-refractivity contribution in [2.75, 3.05) is 0 Å². The second-order valence-electron chi connectivity index (χ2n) is 5.13. The molecule has 3 heteroatoms. The van der Waals surface area contributed by atoms with Crippen molar-refractivity contribution in [2.45, 2.75) is 85.3 Å². The van der Waals surface area contributed by atoms with Gasteiger partial charge in [-0.25, -0.2) is 0 Å². The standard InChI is InChI=1S/C13H20N2O.C3H8.C2H6/c14-9-11-7-8-13(10-15-11)16-12-5-3-1-2-4-6-12;1-3-2;1-2/h7-8,10,12H,1-6,9,14H2;3H2,1-2H3;1-2H3. The Morgan fingerprint density at radius 1 is 1.10 bits per heavy atom. The summed E-state index contributed by atoms with van der Waals surface area (Å²) in [5, 5.41) is 0. The summed E-state index contributed by atoms with van der Waals surface area (Å²) in [6, 6.07) is 3.91. The molecule has 122 valence electrons. The zero-order valence-corrected chi connectivity index (χ0v) is 14.4. The van der Waals surface area contributed by atoms with E-state index in [0.717, 1.165) is 11.4 Å². The zero-order valence-electron chi connectivity index (χ0n) is 14.4.